The maximum Gasteiger partial charge on any atom is 0.0981 e. The van der Waals surface area contributed by atoms with Crippen LogP contribution in [0.15, 0.2) is 0 Å². The maximum atomic E-state index is 12.2. The van der Waals surface area contributed by atoms with Crippen LogP contribution in [0.4, 0.5) is 4.39 Å². The monoisotopic (exact) mass is 166 g/mol. The van der Waals surface area contributed by atoms with Gasteiger partial charge in [-0.15, -0.1) is 0 Å². The molecule has 0 radical (unpaired) electrons. The van der Waals surface area contributed by atoms with E-state index in [4.69, 9.17) is 5.11 Å². The first-order valence-corrected chi connectivity index (χ1v) is 4.58. The predicted molar refractivity (Wildman–Crippen MR) is 44.2 cm³/mol. The van der Waals surface area contributed by atoms with Gasteiger partial charge in [-0.2, -0.15) is 11.8 Å². The summed E-state index contributed by atoms with van der Waals surface area (Å²) in [5, 5.41) is 8.83. The molecule has 62 valence electrons. The molecule has 0 aliphatic carbocycles. The van der Waals surface area contributed by atoms with Crippen molar-refractivity contribution in [3.63, 3.8) is 0 Å². The number of halogens is 1. The van der Waals surface area contributed by atoms with Crippen molar-refractivity contribution in [2.75, 3.05) is 12.4 Å². The molecule has 2 unspecified atom stereocenters. The third kappa shape index (κ3) is 6.36. The van der Waals surface area contributed by atoms with Crippen LogP contribution in [-0.2, 0) is 0 Å². The molecule has 0 spiro atoms. The summed E-state index contributed by atoms with van der Waals surface area (Å²) in [6.07, 6.45) is -0.118. The molecule has 0 aromatic heterocycles. The van der Waals surface area contributed by atoms with E-state index >= 15 is 0 Å². The molecule has 0 aromatic rings. The Bertz CT molecular complexity index is 78.0. The van der Waals surface area contributed by atoms with Crippen LogP contribution in [0, 0.1) is 0 Å². The summed E-state index contributed by atoms with van der Waals surface area (Å²) in [6.45, 7) is 3.68. The van der Waals surface area contributed by atoms with E-state index in [0.29, 0.717) is 6.42 Å². The number of thioether (sulfide) groups is 1. The third-order valence-electron chi connectivity index (χ3n) is 1.18. The molecule has 0 saturated carbocycles. The normalized spacial score (nSPS) is 16.8. The Morgan fingerprint density at radius 1 is 1.50 bits per heavy atom. The minimum Gasteiger partial charge on any atom is -0.395 e. The van der Waals surface area contributed by atoms with Crippen LogP contribution in [0.3, 0.4) is 0 Å². The largest absolute Gasteiger partial charge is 0.395 e. The summed E-state index contributed by atoms with van der Waals surface area (Å²) in [5.74, 6) is 0.805. The first kappa shape index (κ1) is 10.2. The van der Waals surface area contributed by atoms with Gasteiger partial charge in [-0.3, -0.25) is 0 Å². The van der Waals surface area contributed by atoms with E-state index in [-0.39, 0.29) is 11.9 Å². The highest BCUT2D eigenvalue weighted by atomic mass is 32.2. The number of hydrogen-bond acceptors (Lipinski definition) is 2. The van der Waals surface area contributed by atoms with E-state index in [1.807, 2.05) is 6.92 Å². The Morgan fingerprint density at radius 2 is 2.10 bits per heavy atom. The standard InChI is InChI=1S/C7H15FOS/c1-6(8)3-4-10-7(2)5-9/h6-7,9H,3-5H2,1-2H3. The maximum absolute atomic E-state index is 12.2. The van der Waals surface area contributed by atoms with Gasteiger partial charge in [0.2, 0.25) is 0 Å². The van der Waals surface area contributed by atoms with Crippen molar-refractivity contribution in [2.24, 2.45) is 0 Å². The van der Waals surface area contributed by atoms with Gasteiger partial charge in [0.1, 0.15) is 0 Å². The van der Waals surface area contributed by atoms with Gasteiger partial charge in [-0.05, 0) is 19.1 Å². The fraction of sp³-hybridized carbons (Fsp3) is 1.00. The molecule has 0 saturated heterocycles. The Balaban J connectivity index is 3.03. The minimum atomic E-state index is -0.710. The molecule has 0 rings (SSSR count). The lowest BCUT2D eigenvalue weighted by molar-refractivity contribution is 0.299. The van der Waals surface area contributed by atoms with Gasteiger partial charge in [-0.25, -0.2) is 4.39 Å². The zero-order valence-corrected chi connectivity index (χ0v) is 7.33. The summed E-state index contributed by atoms with van der Waals surface area (Å²) in [6, 6.07) is 0. The van der Waals surface area contributed by atoms with Gasteiger partial charge in [0.15, 0.2) is 0 Å². The van der Waals surface area contributed by atoms with Crippen LogP contribution in [0.2, 0.25) is 0 Å². The molecule has 0 fully saturated rings. The third-order valence-corrected chi connectivity index (χ3v) is 2.36. The number of hydrogen-bond donors (Lipinski definition) is 1. The molecule has 2 atom stereocenters. The molecule has 0 aromatic carbocycles. The van der Waals surface area contributed by atoms with Crippen molar-refractivity contribution in [2.45, 2.75) is 31.7 Å². The summed E-state index contributed by atoms with van der Waals surface area (Å²) in [7, 11) is 0. The number of aliphatic hydroxyl groups excluding tert-OH is 1. The fourth-order valence-corrected chi connectivity index (χ4v) is 1.45. The molecule has 10 heavy (non-hydrogen) atoms. The van der Waals surface area contributed by atoms with E-state index in [2.05, 4.69) is 0 Å². The lowest BCUT2D eigenvalue weighted by atomic mass is 10.3. The molecule has 0 bridgehead atoms. The molecule has 0 aliphatic heterocycles. The second-order valence-corrected chi connectivity index (χ2v) is 3.98. The molecule has 0 amide bonds. The van der Waals surface area contributed by atoms with Gasteiger partial charge in [0.25, 0.3) is 0 Å². The van der Waals surface area contributed by atoms with Crippen LogP contribution < -0.4 is 0 Å². The van der Waals surface area contributed by atoms with Gasteiger partial charge in [0, 0.05) is 5.25 Å². The van der Waals surface area contributed by atoms with Gasteiger partial charge < -0.3 is 5.11 Å². The molecular formula is C7H15FOS. The number of alkyl halides is 1. The molecule has 0 heterocycles. The summed E-state index contributed by atoms with van der Waals surface area (Å²) < 4.78 is 12.2. The van der Waals surface area contributed by atoms with Crippen molar-refractivity contribution in [1.29, 1.82) is 0 Å². The molecule has 0 aliphatic rings. The van der Waals surface area contributed by atoms with Crippen LogP contribution in [-0.4, -0.2) is 28.9 Å². The summed E-state index contributed by atoms with van der Waals surface area (Å²) in [4.78, 5) is 0. The first-order valence-electron chi connectivity index (χ1n) is 3.53. The first-order chi connectivity index (χ1) is 4.66. The molecular weight excluding hydrogens is 151 g/mol. The number of aliphatic hydroxyl groups is 1. The van der Waals surface area contributed by atoms with Crippen molar-refractivity contribution in [3.8, 4) is 0 Å². The van der Waals surface area contributed by atoms with Crippen LogP contribution in [0.5, 0.6) is 0 Å². The Kier molecular flexibility index (Phi) is 6.13. The van der Waals surface area contributed by atoms with E-state index in [1.165, 1.54) is 0 Å². The summed E-state index contributed by atoms with van der Waals surface area (Å²) >= 11 is 1.61. The summed E-state index contributed by atoms with van der Waals surface area (Å²) in [5.41, 5.74) is 0. The van der Waals surface area contributed by atoms with Crippen LogP contribution in [0.1, 0.15) is 20.3 Å². The Labute approximate surface area is 66.0 Å². The minimum absolute atomic E-state index is 0.186. The van der Waals surface area contributed by atoms with E-state index in [1.54, 1.807) is 18.7 Å². The average molecular weight is 166 g/mol. The fourth-order valence-electron chi connectivity index (χ4n) is 0.484. The lowest BCUT2D eigenvalue weighted by Gasteiger charge is -2.06. The second kappa shape index (κ2) is 5.98. The van der Waals surface area contributed by atoms with Crippen molar-refractivity contribution in [1.82, 2.24) is 0 Å². The topological polar surface area (TPSA) is 20.2 Å². The zero-order valence-electron chi connectivity index (χ0n) is 6.51. The molecule has 1 nitrogen and oxygen atoms in total. The molecule has 3 heteroatoms. The van der Waals surface area contributed by atoms with Crippen molar-refractivity contribution < 1.29 is 9.50 Å². The van der Waals surface area contributed by atoms with E-state index in [0.717, 1.165) is 5.75 Å². The second-order valence-electron chi connectivity index (χ2n) is 2.43. The van der Waals surface area contributed by atoms with Gasteiger partial charge >= 0.3 is 0 Å². The SMILES string of the molecule is CC(F)CCSC(C)CO. The predicted octanol–water partition coefficient (Wildman–Crippen LogP) is 1.85. The lowest BCUT2D eigenvalue weighted by Crippen LogP contribution is -2.04. The van der Waals surface area contributed by atoms with Crippen molar-refractivity contribution in [3.05, 3.63) is 0 Å². The highest BCUT2D eigenvalue weighted by Crippen LogP contribution is 2.12. The van der Waals surface area contributed by atoms with E-state index < -0.39 is 6.17 Å². The number of rotatable bonds is 5. The average Bonchev–Trinajstić information content (AvgIpc) is 1.87. The smallest absolute Gasteiger partial charge is 0.0981 e. The van der Waals surface area contributed by atoms with Crippen molar-refractivity contribution >= 4 is 11.8 Å². The van der Waals surface area contributed by atoms with Crippen LogP contribution >= 0.6 is 11.8 Å². The Hall–Kier alpha value is 0.240. The van der Waals surface area contributed by atoms with Crippen LogP contribution in [0.25, 0.3) is 0 Å². The highest BCUT2D eigenvalue weighted by Gasteiger charge is 2.01. The van der Waals surface area contributed by atoms with Gasteiger partial charge in [0.05, 0.1) is 12.8 Å². The quantitative estimate of drug-likeness (QED) is 0.672. The highest BCUT2D eigenvalue weighted by molar-refractivity contribution is 7.99. The van der Waals surface area contributed by atoms with E-state index in [9.17, 15) is 4.39 Å². The van der Waals surface area contributed by atoms with Gasteiger partial charge in [-0.1, -0.05) is 6.92 Å². The Morgan fingerprint density at radius 3 is 2.50 bits per heavy atom. The zero-order chi connectivity index (χ0) is 7.98. The molecule has 1 N–H and O–H groups in total.